The van der Waals surface area contributed by atoms with Crippen molar-refractivity contribution in [3.8, 4) is 0 Å². The number of halogens is 1. The monoisotopic (exact) mass is 460 g/mol. The van der Waals surface area contributed by atoms with Crippen molar-refractivity contribution in [2.24, 2.45) is 0 Å². The predicted molar refractivity (Wildman–Crippen MR) is 120 cm³/mol. The zero-order valence-corrected chi connectivity index (χ0v) is 18.9. The normalized spacial score (nSPS) is 11.6. The second-order valence-electron chi connectivity index (χ2n) is 7.11. The standard InChI is InChI=1S/C23H25FN2O3S2/c1-2-14-26(31(28,29)22-12-10-20(24)11-13-22)18-23(27)25(17-21-9-6-15-30-21)16-19-7-4-3-5-8-19/h3-13,15H,2,14,16-18H2,1H3. The van der Waals surface area contributed by atoms with Crippen LogP contribution in [0.25, 0.3) is 0 Å². The highest BCUT2D eigenvalue weighted by atomic mass is 32.2. The topological polar surface area (TPSA) is 57.7 Å². The van der Waals surface area contributed by atoms with Crippen LogP contribution >= 0.6 is 11.3 Å². The molecule has 5 nitrogen and oxygen atoms in total. The molecule has 164 valence electrons. The molecule has 0 bridgehead atoms. The first-order chi connectivity index (χ1) is 14.9. The molecule has 0 aliphatic carbocycles. The van der Waals surface area contributed by atoms with Gasteiger partial charge in [-0.05, 0) is 47.7 Å². The van der Waals surface area contributed by atoms with Crippen LogP contribution in [-0.4, -0.2) is 36.6 Å². The van der Waals surface area contributed by atoms with Gasteiger partial charge in [-0.25, -0.2) is 12.8 Å². The summed E-state index contributed by atoms with van der Waals surface area (Å²) in [5.41, 5.74) is 0.968. The highest BCUT2D eigenvalue weighted by Gasteiger charge is 2.28. The average molecular weight is 461 g/mol. The first kappa shape index (κ1) is 23.1. The van der Waals surface area contributed by atoms with Gasteiger partial charge < -0.3 is 4.90 Å². The minimum absolute atomic E-state index is 0.0250. The van der Waals surface area contributed by atoms with Gasteiger partial charge >= 0.3 is 0 Å². The Labute approximate surface area is 186 Å². The molecule has 0 aliphatic rings. The number of carbonyl (C=O) groups excluding carboxylic acids is 1. The van der Waals surface area contributed by atoms with Crippen LogP contribution in [0.3, 0.4) is 0 Å². The third-order valence-corrected chi connectivity index (χ3v) is 7.45. The number of amides is 1. The third-order valence-electron chi connectivity index (χ3n) is 4.73. The van der Waals surface area contributed by atoms with E-state index in [1.54, 1.807) is 16.2 Å². The van der Waals surface area contributed by atoms with Crippen LogP contribution < -0.4 is 0 Å². The van der Waals surface area contributed by atoms with Crippen LogP contribution in [0.5, 0.6) is 0 Å². The number of carbonyl (C=O) groups is 1. The maximum absolute atomic E-state index is 13.3. The van der Waals surface area contributed by atoms with E-state index in [0.29, 0.717) is 19.5 Å². The SMILES string of the molecule is CCCN(CC(=O)N(Cc1ccccc1)Cc1cccs1)S(=O)(=O)c1ccc(F)cc1. The lowest BCUT2D eigenvalue weighted by Gasteiger charge is -2.27. The van der Waals surface area contributed by atoms with E-state index in [2.05, 4.69) is 0 Å². The number of rotatable bonds is 10. The number of hydrogen-bond donors (Lipinski definition) is 0. The van der Waals surface area contributed by atoms with E-state index in [-0.39, 0.29) is 23.9 Å². The van der Waals surface area contributed by atoms with Crippen LogP contribution in [0.1, 0.15) is 23.8 Å². The zero-order chi connectivity index (χ0) is 22.3. The molecule has 1 amide bonds. The molecule has 0 saturated carbocycles. The van der Waals surface area contributed by atoms with Gasteiger partial charge in [0.1, 0.15) is 5.82 Å². The third kappa shape index (κ3) is 6.22. The smallest absolute Gasteiger partial charge is 0.243 e. The van der Waals surface area contributed by atoms with Crippen molar-refractivity contribution < 1.29 is 17.6 Å². The Balaban J connectivity index is 1.83. The van der Waals surface area contributed by atoms with E-state index in [0.717, 1.165) is 22.6 Å². The van der Waals surface area contributed by atoms with E-state index in [4.69, 9.17) is 0 Å². The van der Waals surface area contributed by atoms with Gasteiger partial charge in [-0.3, -0.25) is 4.79 Å². The number of nitrogens with zero attached hydrogens (tertiary/aromatic N) is 2. The molecule has 0 saturated heterocycles. The molecule has 2 aromatic carbocycles. The molecule has 0 unspecified atom stereocenters. The minimum Gasteiger partial charge on any atom is -0.332 e. The Morgan fingerprint density at radius 1 is 0.968 bits per heavy atom. The largest absolute Gasteiger partial charge is 0.332 e. The van der Waals surface area contributed by atoms with Crippen molar-refractivity contribution in [2.75, 3.05) is 13.1 Å². The minimum atomic E-state index is -3.92. The number of benzene rings is 2. The van der Waals surface area contributed by atoms with E-state index in [1.165, 1.54) is 16.4 Å². The Hall–Kier alpha value is -2.55. The second-order valence-corrected chi connectivity index (χ2v) is 10.1. The molecule has 1 aromatic heterocycles. The first-order valence-corrected chi connectivity index (χ1v) is 12.3. The summed E-state index contributed by atoms with van der Waals surface area (Å²) in [5, 5.41) is 1.95. The van der Waals surface area contributed by atoms with E-state index >= 15 is 0 Å². The average Bonchev–Trinajstić information content (AvgIpc) is 3.27. The van der Waals surface area contributed by atoms with Gasteiger partial charge in [0.25, 0.3) is 0 Å². The van der Waals surface area contributed by atoms with Crippen molar-refractivity contribution in [1.82, 2.24) is 9.21 Å². The lowest BCUT2D eigenvalue weighted by atomic mass is 10.2. The van der Waals surface area contributed by atoms with Gasteiger partial charge in [0, 0.05) is 18.0 Å². The highest BCUT2D eigenvalue weighted by molar-refractivity contribution is 7.89. The fourth-order valence-corrected chi connectivity index (χ4v) is 5.37. The fraction of sp³-hybridized carbons (Fsp3) is 0.261. The van der Waals surface area contributed by atoms with Gasteiger partial charge in [-0.2, -0.15) is 4.31 Å². The molecule has 31 heavy (non-hydrogen) atoms. The molecule has 0 spiro atoms. The summed E-state index contributed by atoms with van der Waals surface area (Å²) >= 11 is 1.55. The van der Waals surface area contributed by atoms with Crippen LogP contribution in [-0.2, 0) is 27.9 Å². The summed E-state index contributed by atoms with van der Waals surface area (Å²) in [5.74, 6) is -0.793. The van der Waals surface area contributed by atoms with Crippen LogP contribution in [0.2, 0.25) is 0 Å². The molecule has 0 atom stereocenters. The summed E-state index contributed by atoms with van der Waals surface area (Å²) in [6.45, 7) is 2.57. The second kappa shape index (κ2) is 10.7. The molecule has 1 heterocycles. The maximum atomic E-state index is 13.3. The number of thiophene rings is 1. The Morgan fingerprint density at radius 2 is 1.68 bits per heavy atom. The first-order valence-electron chi connectivity index (χ1n) is 10.00. The zero-order valence-electron chi connectivity index (χ0n) is 17.3. The molecular weight excluding hydrogens is 435 g/mol. The van der Waals surface area contributed by atoms with Crippen molar-refractivity contribution in [3.05, 3.63) is 88.4 Å². The summed E-state index contributed by atoms with van der Waals surface area (Å²) in [4.78, 5) is 15.9. The van der Waals surface area contributed by atoms with Crippen LogP contribution in [0, 0.1) is 5.82 Å². The summed E-state index contributed by atoms with van der Waals surface area (Å²) < 4.78 is 40.6. The fourth-order valence-electron chi connectivity index (χ4n) is 3.17. The van der Waals surface area contributed by atoms with Gasteiger partial charge in [0.05, 0.1) is 18.0 Å². The van der Waals surface area contributed by atoms with Gasteiger partial charge in [-0.15, -0.1) is 11.3 Å². The lowest BCUT2D eigenvalue weighted by Crippen LogP contribution is -2.42. The van der Waals surface area contributed by atoms with Gasteiger partial charge in [0.15, 0.2) is 0 Å². The Kier molecular flexibility index (Phi) is 7.95. The molecule has 0 aliphatic heterocycles. The van der Waals surface area contributed by atoms with Gasteiger partial charge in [0.2, 0.25) is 15.9 Å². The van der Waals surface area contributed by atoms with Crippen LogP contribution in [0.15, 0.2) is 77.0 Å². The summed E-state index contributed by atoms with van der Waals surface area (Å²) in [6, 6.07) is 18.2. The highest BCUT2D eigenvalue weighted by Crippen LogP contribution is 2.19. The molecular formula is C23H25FN2O3S2. The van der Waals surface area contributed by atoms with E-state index < -0.39 is 15.8 Å². The maximum Gasteiger partial charge on any atom is 0.243 e. The lowest BCUT2D eigenvalue weighted by molar-refractivity contribution is -0.132. The van der Waals surface area contributed by atoms with E-state index in [9.17, 15) is 17.6 Å². The number of sulfonamides is 1. The van der Waals surface area contributed by atoms with Crippen LogP contribution in [0.4, 0.5) is 4.39 Å². The quantitative estimate of drug-likeness (QED) is 0.447. The van der Waals surface area contributed by atoms with Crippen molar-refractivity contribution in [3.63, 3.8) is 0 Å². The van der Waals surface area contributed by atoms with E-state index in [1.807, 2.05) is 54.8 Å². The van der Waals surface area contributed by atoms with Crippen molar-refractivity contribution in [2.45, 2.75) is 31.3 Å². The molecule has 0 fully saturated rings. The Bertz CT molecular complexity index is 1070. The molecule has 0 radical (unpaired) electrons. The molecule has 0 N–H and O–H groups in total. The Morgan fingerprint density at radius 3 is 2.29 bits per heavy atom. The molecule has 3 aromatic rings. The van der Waals surface area contributed by atoms with Crippen molar-refractivity contribution >= 4 is 27.3 Å². The van der Waals surface area contributed by atoms with Crippen molar-refractivity contribution in [1.29, 1.82) is 0 Å². The predicted octanol–water partition coefficient (Wildman–Crippen LogP) is 4.52. The summed E-state index contributed by atoms with van der Waals surface area (Å²) in [7, 11) is -3.92. The summed E-state index contributed by atoms with van der Waals surface area (Å²) in [6.07, 6.45) is 0.553. The molecule has 8 heteroatoms. The molecule has 3 rings (SSSR count). The van der Waals surface area contributed by atoms with Gasteiger partial charge in [-0.1, -0.05) is 43.3 Å². The number of hydrogen-bond acceptors (Lipinski definition) is 4.